The fourth-order valence-corrected chi connectivity index (χ4v) is 2.10. The molecule has 0 aromatic heterocycles. The molecule has 0 saturated heterocycles. The molecule has 0 heterocycles. The third kappa shape index (κ3) is 1.99. The van der Waals surface area contributed by atoms with E-state index in [4.69, 9.17) is 0 Å². The fraction of sp³-hybridized carbons (Fsp3) is 0.267. The van der Waals surface area contributed by atoms with Crippen LogP contribution in [0.2, 0.25) is 0 Å². The number of aldehydes is 1. The molecule has 0 amide bonds. The lowest BCUT2D eigenvalue weighted by Gasteiger charge is -2.08. The lowest BCUT2D eigenvalue weighted by molar-refractivity contribution is 0.112. The van der Waals surface area contributed by atoms with E-state index in [1.807, 2.05) is 24.3 Å². The van der Waals surface area contributed by atoms with E-state index in [0.717, 1.165) is 31.1 Å². The van der Waals surface area contributed by atoms with Crippen molar-refractivity contribution in [1.29, 1.82) is 0 Å². The Morgan fingerprint density at radius 3 is 2.69 bits per heavy atom. The second kappa shape index (κ2) is 4.93. The average molecular weight is 212 g/mol. The second-order valence-electron chi connectivity index (χ2n) is 4.08. The third-order valence-corrected chi connectivity index (χ3v) is 2.98. The van der Waals surface area contributed by atoms with Crippen LogP contribution in [0.1, 0.15) is 35.7 Å². The molecular weight excluding hydrogens is 196 g/mol. The molecule has 0 atom stereocenters. The number of rotatable bonds is 4. The topological polar surface area (TPSA) is 17.1 Å². The van der Waals surface area contributed by atoms with Crippen LogP contribution in [0.4, 0.5) is 0 Å². The zero-order valence-electron chi connectivity index (χ0n) is 9.57. The maximum absolute atomic E-state index is 11.0. The van der Waals surface area contributed by atoms with Crippen molar-refractivity contribution in [1.82, 2.24) is 0 Å². The van der Waals surface area contributed by atoms with Crippen molar-refractivity contribution in [3.05, 3.63) is 47.5 Å². The van der Waals surface area contributed by atoms with Gasteiger partial charge in [-0.25, -0.2) is 0 Å². The molecule has 0 N–H and O–H groups in total. The summed E-state index contributed by atoms with van der Waals surface area (Å²) in [5.74, 6) is 0. The van der Waals surface area contributed by atoms with Gasteiger partial charge in [-0.1, -0.05) is 49.7 Å². The van der Waals surface area contributed by atoms with Gasteiger partial charge in [0.2, 0.25) is 0 Å². The van der Waals surface area contributed by atoms with Crippen molar-refractivity contribution in [3.8, 4) is 0 Å². The highest BCUT2D eigenvalue weighted by Crippen LogP contribution is 2.23. The van der Waals surface area contributed by atoms with Gasteiger partial charge in [0.15, 0.2) is 0 Å². The summed E-state index contributed by atoms with van der Waals surface area (Å²) in [5.41, 5.74) is 2.04. The number of hydrogen-bond acceptors (Lipinski definition) is 1. The molecule has 16 heavy (non-hydrogen) atoms. The largest absolute Gasteiger partial charge is 0.298 e. The zero-order valence-corrected chi connectivity index (χ0v) is 9.57. The first-order valence-electron chi connectivity index (χ1n) is 5.82. The molecule has 2 rings (SSSR count). The summed E-state index contributed by atoms with van der Waals surface area (Å²) in [6, 6.07) is 12.2. The molecule has 2 aromatic rings. The van der Waals surface area contributed by atoms with Crippen molar-refractivity contribution in [2.75, 3.05) is 0 Å². The number of aryl methyl sites for hydroxylation is 1. The quantitative estimate of drug-likeness (QED) is 0.700. The van der Waals surface area contributed by atoms with Crippen molar-refractivity contribution in [2.24, 2.45) is 0 Å². The van der Waals surface area contributed by atoms with E-state index in [0.29, 0.717) is 0 Å². The molecule has 0 aliphatic carbocycles. The fourth-order valence-electron chi connectivity index (χ4n) is 2.10. The molecule has 0 radical (unpaired) electrons. The Balaban J connectivity index is 2.58. The van der Waals surface area contributed by atoms with Gasteiger partial charge in [0, 0.05) is 5.56 Å². The minimum Gasteiger partial charge on any atom is -0.298 e. The highest BCUT2D eigenvalue weighted by atomic mass is 16.1. The van der Waals surface area contributed by atoms with Crippen molar-refractivity contribution >= 4 is 17.1 Å². The number of carbonyl (C=O) groups excluding carboxylic acids is 1. The maximum atomic E-state index is 11.0. The Hall–Kier alpha value is -1.63. The molecule has 0 aliphatic heterocycles. The van der Waals surface area contributed by atoms with E-state index in [9.17, 15) is 4.79 Å². The first kappa shape index (κ1) is 10.9. The van der Waals surface area contributed by atoms with Crippen LogP contribution in [0.5, 0.6) is 0 Å². The summed E-state index contributed by atoms with van der Waals surface area (Å²) in [4.78, 5) is 11.0. The van der Waals surface area contributed by atoms with Crippen LogP contribution in [0.25, 0.3) is 10.8 Å². The highest BCUT2D eigenvalue weighted by molar-refractivity contribution is 5.93. The number of hydrogen-bond donors (Lipinski definition) is 0. The summed E-state index contributed by atoms with van der Waals surface area (Å²) in [6.07, 6.45) is 4.25. The molecule has 0 fully saturated rings. The van der Waals surface area contributed by atoms with Gasteiger partial charge in [0.25, 0.3) is 0 Å². The summed E-state index contributed by atoms with van der Waals surface area (Å²) in [5, 5.41) is 2.44. The van der Waals surface area contributed by atoms with E-state index in [2.05, 4.69) is 19.1 Å². The van der Waals surface area contributed by atoms with Gasteiger partial charge in [0.1, 0.15) is 6.29 Å². The smallest absolute Gasteiger partial charge is 0.150 e. The van der Waals surface area contributed by atoms with Crippen LogP contribution in [0, 0.1) is 0 Å². The predicted octanol–water partition coefficient (Wildman–Crippen LogP) is 3.99. The van der Waals surface area contributed by atoms with E-state index in [-0.39, 0.29) is 0 Å². The van der Waals surface area contributed by atoms with E-state index < -0.39 is 0 Å². The second-order valence-corrected chi connectivity index (χ2v) is 4.08. The van der Waals surface area contributed by atoms with E-state index in [1.54, 1.807) is 0 Å². The zero-order chi connectivity index (χ0) is 11.4. The van der Waals surface area contributed by atoms with Gasteiger partial charge in [-0.15, -0.1) is 0 Å². The lowest BCUT2D eigenvalue weighted by atomic mass is 9.96. The molecule has 0 saturated carbocycles. The number of benzene rings is 2. The summed E-state index contributed by atoms with van der Waals surface area (Å²) >= 11 is 0. The Kier molecular flexibility index (Phi) is 3.35. The molecule has 1 nitrogen and oxygen atoms in total. The van der Waals surface area contributed by atoms with E-state index >= 15 is 0 Å². The lowest BCUT2D eigenvalue weighted by Crippen LogP contribution is -1.94. The van der Waals surface area contributed by atoms with Gasteiger partial charge in [-0.3, -0.25) is 4.79 Å². The highest BCUT2D eigenvalue weighted by Gasteiger charge is 2.05. The molecule has 0 spiro atoms. The van der Waals surface area contributed by atoms with Gasteiger partial charge in [-0.05, 0) is 29.2 Å². The Morgan fingerprint density at radius 2 is 1.94 bits per heavy atom. The Bertz CT molecular complexity index is 500. The van der Waals surface area contributed by atoms with Gasteiger partial charge < -0.3 is 0 Å². The monoisotopic (exact) mass is 212 g/mol. The van der Waals surface area contributed by atoms with E-state index in [1.165, 1.54) is 16.3 Å². The van der Waals surface area contributed by atoms with Gasteiger partial charge in [0.05, 0.1) is 0 Å². The maximum Gasteiger partial charge on any atom is 0.150 e. The summed E-state index contributed by atoms with van der Waals surface area (Å²) in [6.45, 7) is 2.17. The van der Waals surface area contributed by atoms with Crippen molar-refractivity contribution in [2.45, 2.75) is 26.2 Å². The molecule has 2 aromatic carbocycles. The van der Waals surface area contributed by atoms with Gasteiger partial charge in [-0.2, -0.15) is 0 Å². The van der Waals surface area contributed by atoms with Crippen LogP contribution < -0.4 is 0 Å². The molecule has 1 heteroatoms. The average Bonchev–Trinajstić information content (AvgIpc) is 2.35. The molecule has 0 bridgehead atoms. The third-order valence-electron chi connectivity index (χ3n) is 2.98. The minimum absolute atomic E-state index is 0.840. The molecular formula is C15H16O. The predicted molar refractivity (Wildman–Crippen MR) is 67.9 cm³/mol. The number of carbonyl (C=O) groups is 1. The van der Waals surface area contributed by atoms with Crippen molar-refractivity contribution in [3.63, 3.8) is 0 Å². The first-order valence-corrected chi connectivity index (χ1v) is 5.82. The molecule has 0 aliphatic rings. The van der Waals surface area contributed by atoms with Crippen LogP contribution in [-0.2, 0) is 6.42 Å². The Labute approximate surface area is 96.1 Å². The minimum atomic E-state index is 0.840. The van der Waals surface area contributed by atoms with Crippen LogP contribution in [-0.4, -0.2) is 6.29 Å². The standard InChI is InChI=1S/C15H16O/c1-2-3-7-15-13(11-16)10-9-12-6-4-5-8-14(12)15/h4-6,8-11H,2-3,7H2,1H3. The number of fused-ring (bicyclic) bond motifs is 1. The molecule has 82 valence electrons. The van der Waals surface area contributed by atoms with Crippen LogP contribution >= 0.6 is 0 Å². The van der Waals surface area contributed by atoms with Crippen molar-refractivity contribution < 1.29 is 4.79 Å². The SMILES string of the molecule is CCCCc1c(C=O)ccc2ccccc12. The normalized spacial score (nSPS) is 10.6. The summed E-state index contributed by atoms with van der Waals surface area (Å²) < 4.78 is 0. The number of unbranched alkanes of at least 4 members (excludes halogenated alkanes) is 1. The Morgan fingerprint density at radius 1 is 1.12 bits per heavy atom. The van der Waals surface area contributed by atoms with Crippen LogP contribution in [0.3, 0.4) is 0 Å². The summed E-state index contributed by atoms with van der Waals surface area (Å²) in [7, 11) is 0. The van der Waals surface area contributed by atoms with Crippen LogP contribution in [0.15, 0.2) is 36.4 Å². The first-order chi connectivity index (χ1) is 7.86. The molecule has 0 unspecified atom stereocenters. The van der Waals surface area contributed by atoms with Gasteiger partial charge >= 0.3 is 0 Å².